The summed E-state index contributed by atoms with van der Waals surface area (Å²) >= 11 is 1.68. The minimum atomic E-state index is -2.89. The Kier molecular flexibility index (Phi) is 5.11. The second-order valence-corrected chi connectivity index (χ2v) is 7.71. The van der Waals surface area contributed by atoms with Crippen LogP contribution in [0.25, 0.3) is 0 Å². The highest BCUT2D eigenvalue weighted by atomic mass is 32.2. The summed E-state index contributed by atoms with van der Waals surface area (Å²) in [7, 11) is -2.89. The molecular weight excluding hydrogens is 244 g/mol. The fourth-order valence-corrected chi connectivity index (χ4v) is 3.17. The number of hydrogen-bond acceptors (Lipinski definition) is 4. The highest BCUT2D eigenvalue weighted by Gasteiger charge is 2.22. The van der Waals surface area contributed by atoms with Crippen LogP contribution in [0.5, 0.6) is 0 Å². The molecule has 1 aliphatic heterocycles. The lowest BCUT2D eigenvalue weighted by Gasteiger charge is -2.13. The molecule has 0 saturated carbocycles. The molecule has 0 bridgehead atoms. The number of nitrogens with zero attached hydrogens (tertiary/aromatic N) is 1. The van der Waals surface area contributed by atoms with Crippen molar-refractivity contribution in [3.63, 3.8) is 0 Å². The molecule has 0 amide bonds. The molecule has 94 valence electrons. The zero-order chi connectivity index (χ0) is 12.2. The van der Waals surface area contributed by atoms with E-state index in [-0.39, 0.29) is 11.5 Å². The van der Waals surface area contributed by atoms with Crippen molar-refractivity contribution >= 4 is 26.8 Å². The van der Waals surface area contributed by atoms with Gasteiger partial charge in [0.1, 0.15) is 0 Å². The quantitative estimate of drug-likeness (QED) is 0.809. The Balaban J connectivity index is 2.38. The van der Waals surface area contributed by atoms with Crippen LogP contribution in [-0.4, -0.2) is 43.4 Å². The van der Waals surface area contributed by atoms with Gasteiger partial charge in [0.25, 0.3) is 0 Å². The van der Waals surface area contributed by atoms with Gasteiger partial charge in [-0.25, -0.2) is 8.42 Å². The number of hydrogen-bond donors (Lipinski definition) is 1. The first-order valence-electron chi connectivity index (χ1n) is 5.59. The van der Waals surface area contributed by atoms with Gasteiger partial charge in [-0.05, 0) is 5.92 Å². The minimum absolute atomic E-state index is 0.154. The normalized spacial score (nSPS) is 24.0. The standard InChI is InChI=1S/C10H20N2O2S2/c1-4-16(13,14)6-5-11-10-12-9(7-15-10)8(2)3/h8-9H,4-7H2,1-3H3,(H,11,12). The molecule has 1 heterocycles. The average Bonchev–Trinajstić information content (AvgIpc) is 2.66. The highest BCUT2D eigenvalue weighted by molar-refractivity contribution is 8.14. The van der Waals surface area contributed by atoms with Crippen molar-refractivity contribution in [2.24, 2.45) is 10.9 Å². The van der Waals surface area contributed by atoms with E-state index in [2.05, 4.69) is 24.2 Å². The van der Waals surface area contributed by atoms with Crippen LogP contribution >= 0.6 is 11.8 Å². The number of aliphatic imine (C=N–C) groups is 1. The Labute approximate surface area is 102 Å². The molecule has 1 saturated heterocycles. The van der Waals surface area contributed by atoms with Crippen LogP contribution in [-0.2, 0) is 9.84 Å². The largest absolute Gasteiger partial charge is 0.361 e. The van der Waals surface area contributed by atoms with E-state index >= 15 is 0 Å². The molecule has 1 aliphatic rings. The Hall–Kier alpha value is -0.230. The van der Waals surface area contributed by atoms with Crippen molar-refractivity contribution in [3.05, 3.63) is 0 Å². The molecule has 0 radical (unpaired) electrons. The van der Waals surface area contributed by atoms with E-state index in [0.29, 0.717) is 18.5 Å². The summed E-state index contributed by atoms with van der Waals surface area (Å²) in [5, 5.41) is 4.21. The zero-order valence-corrected chi connectivity index (χ0v) is 11.7. The van der Waals surface area contributed by atoms with E-state index in [0.717, 1.165) is 10.9 Å². The van der Waals surface area contributed by atoms with Gasteiger partial charge in [-0.15, -0.1) is 0 Å². The topological polar surface area (TPSA) is 58.5 Å². The summed E-state index contributed by atoms with van der Waals surface area (Å²) in [5.41, 5.74) is 0. The summed E-state index contributed by atoms with van der Waals surface area (Å²) < 4.78 is 22.5. The molecule has 1 N–H and O–H groups in total. The van der Waals surface area contributed by atoms with Gasteiger partial charge >= 0.3 is 0 Å². The second kappa shape index (κ2) is 5.91. The third-order valence-corrected chi connectivity index (χ3v) is 5.34. The van der Waals surface area contributed by atoms with Gasteiger partial charge < -0.3 is 5.32 Å². The molecule has 1 fully saturated rings. The maximum absolute atomic E-state index is 11.2. The van der Waals surface area contributed by atoms with E-state index < -0.39 is 9.84 Å². The van der Waals surface area contributed by atoms with E-state index in [1.165, 1.54) is 0 Å². The van der Waals surface area contributed by atoms with Gasteiger partial charge in [0.2, 0.25) is 0 Å². The van der Waals surface area contributed by atoms with Crippen molar-refractivity contribution in [1.82, 2.24) is 5.32 Å². The summed E-state index contributed by atoms with van der Waals surface area (Å²) in [6, 6.07) is 0.464. The lowest BCUT2D eigenvalue weighted by molar-refractivity contribution is 0.503. The molecule has 0 aliphatic carbocycles. The fraction of sp³-hybridized carbons (Fsp3) is 0.900. The van der Waals surface area contributed by atoms with E-state index in [1.54, 1.807) is 18.7 Å². The predicted molar refractivity (Wildman–Crippen MR) is 70.8 cm³/mol. The first kappa shape index (κ1) is 13.8. The van der Waals surface area contributed by atoms with Gasteiger partial charge in [0.15, 0.2) is 15.0 Å². The van der Waals surface area contributed by atoms with Crippen LogP contribution in [0.3, 0.4) is 0 Å². The van der Waals surface area contributed by atoms with Crippen LogP contribution < -0.4 is 5.32 Å². The molecule has 1 atom stereocenters. The average molecular weight is 264 g/mol. The lowest BCUT2D eigenvalue weighted by Crippen LogP contribution is -2.31. The first-order valence-corrected chi connectivity index (χ1v) is 8.39. The lowest BCUT2D eigenvalue weighted by atomic mass is 10.1. The van der Waals surface area contributed by atoms with E-state index in [1.807, 2.05) is 0 Å². The molecule has 1 unspecified atom stereocenters. The van der Waals surface area contributed by atoms with Gasteiger partial charge in [0.05, 0.1) is 12.3 Å². The Morgan fingerprint density at radius 3 is 2.75 bits per heavy atom. The van der Waals surface area contributed by atoms with Gasteiger partial charge in [-0.1, -0.05) is 32.5 Å². The summed E-state index contributed by atoms with van der Waals surface area (Å²) in [6.45, 7) is 6.38. The third kappa shape index (κ3) is 4.33. The van der Waals surface area contributed by atoms with E-state index in [4.69, 9.17) is 0 Å². The Bertz CT molecular complexity index is 350. The Morgan fingerprint density at radius 1 is 1.56 bits per heavy atom. The molecule has 16 heavy (non-hydrogen) atoms. The van der Waals surface area contributed by atoms with Crippen molar-refractivity contribution in [2.75, 3.05) is 23.8 Å². The maximum atomic E-state index is 11.2. The van der Waals surface area contributed by atoms with Crippen molar-refractivity contribution in [2.45, 2.75) is 26.8 Å². The fourth-order valence-electron chi connectivity index (χ4n) is 1.29. The van der Waals surface area contributed by atoms with Gasteiger partial charge in [-0.2, -0.15) is 0 Å². The van der Waals surface area contributed by atoms with E-state index in [9.17, 15) is 8.42 Å². The predicted octanol–water partition coefficient (Wildman–Crippen LogP) is 1.14. The highest BCUT2D eigenvalue weighted by Crippen LogP contribution is 2.18. The zero-order valence-electron chi connectivity index (χ0n) is 10.1. The summed E-state index contributed by atoms with van der Waals surface area (Å²) in [6.07, 6.45) is 0. The monoisotopic (exact) mass is 264 g/mol. The Morgan fingerprint density at radius 2 is 2.25 bits per heavy atom. The van der Waals surface area contributed by atoms with Crippen LogP contribution in [0.15, 0.2) is 4.99 Å². The molecule has 4 nitrogen and oxygen atoms in total. The van der Waals surface area contributed by atoms with Crippen molar-refractivity contribution in [1.29, 1.82) is 0 Å². The molecule has 0 aromatic heterocycles. The second-order valence-electron chi connectivity index (χ2n) is 4.23. The molecule has 0 spiro atoms. The van der Waals surface area contributed by atoms with Crippen LogP contribution in [0, 0.1) is 5.92 Å². The van der Waals surface area contributed by atoms with Gasteiger partial charge in [-0.3, -0.25) is 4.99 Å². The number of amidine groups is 1. The number of thioether (sulfide) groups is 1. The molecule has 6 heteroatoms. The first-order chi connectivity index (χ1) is 7.44. The number of rotatable bonds is 5. The van der Waals surface area contributed by atoms with Crippen LogP contribution in [0.1, 0.15) is 20.8 Å². The molecule has 1 rings (SSSR count). The number of nitrogens with one attached hydrogen (secondary N) is 1. The molecule has 0 aromatic carbocycles. The summed E-state index contributed by atoms with van der Waals surface area (Å²) in [4.78, 5) is 4.28. The number of sulfone groups is 1. The smallest absolute Gasteiger partial charge is 0.156 e. The minimum Gasteiger partial charge on any atom is -0.361 e. The maximum Gasteiger partial charge on any atom is 0.156 e. The van der Waals surface area contributed by atoms with Crippen LogP contribution in [0.4, 0.5) is 0 Å². The summed E-state index contributed by atoms with van der Waals surface area (Å²) in [5.74, 6) is 1.96. The van der Waals surface area contributed by atoms with Crippen molar-refractivity contribution in [3.8, 4) is 0 Å². The van der Waals surface area contributed by atoms with Crippen molar-refractivity contribution < 1.29 is 8.42 Å². The third-order valence-electron chi connectivity index (χ3n) is 2.61. The van der Waals surface area contributed by atoms with Gasteiger partial charge in [0, 0.05) is 17.5 Å². The van der Waals surface area contributed by atoms with Crippen LogP contribution in [0.2, 0.25) is 0 Å². The molecular formula is C10H20N2O2S2. The molecule has 0 aromatic rings. The SMILES string of the molecule is CCS(=O)(=O)CCN=C1NC(C(C)C)CS1.